The Morgan fingerprint density at radius 1 is 1.25 bits per heavy atom. The van der Waals surface area contributed by atoms with Crippen molar-refractivity contribution in [2.75, 3.05) is 30.6 Å². The standard InChI is InChI=1S/C27H25F2N5O2/c1-4-17-19-13-16(9-10-21(17)28)7-5-8-18(19)23-22(29)24-20(14-30-23)25(32-26(31-24)33-36-3)34-12-6-11-27(2,35)15-34/h1,5,7-10,14,35H,6,11-13,15H2,2-3H3,(H,31,32,33)/t27-/m1/s1. The number of hydrogen-bond acceptors (Lipinski definition) is 7. The molecule has 184 valence electrons. The van der Waals surface area contributed by atoms with Gasteiger partial charge in [-0.1, -0.05) is 30.2 Å². The van der Waals surface area contributed by atoms with Crippen molar-refractivity contribution in [3.63, 3.8) is 0 Å². The number of anilines is 2. The summed E-state index contributed by atoms with van der Waals surface area (Å²) in [4.78, 5) is 20.2. The average Bonchev–Trinajstić information content (AvgIpc) is 3.14. The normalized spacial score (nSPS) is 21.9. The van der Waals surface area contributed by atoms with Gasteiger partial charge in [-0.2, -0.15) is 4.98 Å². The van der Waals surface area contributed by atoms with Gasteiger partial charge in [-0.15, -0.1) is 6.42 Å². The fraction of sp³-hybridized carbons (Fsp3) is 0.296. The highest BCUT2D eigenvalue weighted by molar-refractivity contribution is 5.94. The molecule has 9 heteroatoms. The van der Waals surface area contributed by atoms with Crippen molar-refractivity contribution in [2.24, 2.45) is 0 Å². The summed E-state index contributed by atoms with van der Waals surface area (Å²) in [7, 11) is 1.41. The first-order chi connectivity index (χ1) is 17.3. The highest BCUT2D eigenvalue weighted by atomic mass is 19.1. The zero-order chi connectivity index (χ0) is 25.4. The molecule has 36 heavy (non-hydrogen) atoms. The molecule has 0 unspecified atom stereocenters. The smallest absolute Gasteiger partial charge is 0.249 e. The molecule has 1 fully saturated rings. The lowest BCUT2D eigenvalue weighted by Gasteiger charge is -2.38. The number of aliphatic hydroxyl groups is 1. The number of allylic oxidation sites excluding steroid dienone is 10. The Morgan fingerprint density at radius 3 is 2.83 bits per heavy atom. The Morgan fingerprint density at radius 2 is 2.08 bits per heavy atom. The van der Waals surface area contributed by atoms with Crippen LogP contribution < -0.4 is 10.4 Å². The summed E-state index contributed by atoms with van der Waals surface area (Å²) in [6.45, 7) is 2.72. The monoisotopic (exact) mass is 489 g/mol. The lowest BCUT2D eigenvalue weighted by Crippen LogP contribution is -2.46. The summed E-state index contributed by atoms with van der Waals surface area (Å²) < 4.78 is 31.0. The van der Waals surface area contributed by atoms with Crippen molar-refractivity contribution in [1.29, 1.82) is 0 Å². The molecule has 1 atom stereocenters. The van der Waals surface area contributed by atoms with E-state index in [0.717, 1.165) is 12.0 Å². The highest BCUT2D eigenvalue weighted by Crippen LogP contribution is 2.39. The Labute approximate surface area is 207 Å². The molecule has 2 aliphatic carbocycles. The fourth-order valence-electron chi connectivity index (χ4n) is 4.86. The number of terminal acetylenes is 1. The molecular formula is C27H25F2N5O2. The van der Waals surface area contributed by atoms with Crippen molar-refractivity contribution < 1.29 is 18.7 Å². The first-order valence-electron chi connectivity index (χ1n) is 11.6. The number of nitrogens with one attached hydrogen (secondary N) is 1. The molecule has 3 heterocycles. The van der Waals surface area contributed by atoms with Crippen molar-refractivity contribution in [3.8, 4) is 12.3 Å². The minimum absolute atomic E-state index is 0.00417. The summed E-state index contributed by atoms with van der Waals surface area (Å²) >= 11 is 0. The van der Waals surface area contributed by atoms with E-state index in [4.69, 9.17) is 11.3 Å². The summed E-state index contributed by atoms with van der Waals surface area (Å²) in [5, 5.41) is 11.0. The molecule has 2 aromatic rings. The molecular weight excluding hydrogens is 464 g/mol. The Balaban J connectivity index is 1.70. The second-order valence-electron chi connectivity index (χ2n) is 9.25. The van der Waals surface area contributed by atoms with Crippen LogP contribution in [-0.2, 0) is 4.84 Å². The van der Waals surface area contributed by atoms with Gasteiger partial charge in [-0.05, 0) is 43.4 Å². The third-order valence-corrected chi connectivity index (χ3v) is 6.49. The molecule has 1 saturated heterocycles. The number of halogens is 2. The lowest BCUT2D eigenvalue weighted by molar-refractivity contribution is 0.0448. The van der Waals surface area contributed by atoms with E-state index in [1.54, 1.807) is 25.2 Å². The fourth-order valence-corrected chi connectivity index (χ4v) is 4.86. The van der Waals surface area contributed by atoms with E-state index in [1.165, 1.54) is 19.4 Å². The molecule has 0 amide bonds. The first kappa shape index (κ1) is 23.9. The van der Waals surface area contributed by atoms with E-state index < -0.39 is 17.2 Å². The van der Waals surface area contributed by atoms with Crippen LogP contribution in [0.15, 0.2) is 59.1 Å². The molecule has 7 nitrogen and oxygen atoms in total. The summed E-state index contributed by atoms with van der Waals surface area (Å²) in [5.74, 6) is 1.67. The van der Waals surface area contributed by atoms with Crippen molar-refractivity contribution in [1.82, 2.24) is 15.0 Å². The van der Waals surface area contributed by atoms with Gasteiger partial charge in [0, 0.05) is 24.9 Å². The number of rotatable bonds is 4. The van der Waals surface area contributed by atoms with E-state index in [1.807, 2.05) is 11.0 Å². The largest absolute Gasteiger partial charge is 0.388 e. The van der Waals surface area contributed by atoms with Crippen LogP contribution >= 0.6 is 0 Å². The van der Waals surface area contributed by atoms with Gasteiger partial charge in [0.25, 0.3) is 0 Å². The maximum atomic E-state index is 16.2. The van der Waals surface area contributed by atoms with Crippen LogP contribution in [0.4, 0.5) is 20.5 Å². The molecule has 2 aromatic heterocycles. The number of hydrogen-bond donors (Lipinski definition) is 2. The SMILES string of the molecule is C#CC1=C2CC(=CC=C1F)C=CC=C2c1ncc2c(N3CCC[C@@](C)(O)C3)nc(NOC)nc2c1F. The first-order valence-corrected chi connectivity index (χ1v) is 11.6. The van der Waals surface area contributed by atoms with E-state index in [-0.39, 0.29) is 22.7 Å². The Bertz CT molecular complexity index is 1450. The third kappa shape index (κ3) is 4.30. The second kappa shape index (κ2) is 9.30. The van der Waals surface area contributed by atoms with Crippen LogP contribution in [0.25, 0.3) is 16.5 Å². The van der Waals surface area contributed by atoms with Gasteiger partial charge in [-0.3, -0.25) is 9.82 Å². The summed E-state index contributed by atoms with van der Waals surface area (Å²) in [6.07, 6.45) is 17.2. The lowest BCUT2D eigenvalue weighted by atomic mass is 9.92. The maximum Gasteiger partial charge on any atom is 0.249 e. The zero-order valence-corrected chi connectivity index (χ0v) is 20.0. The third-order valence-electron chi connectivity index (χ3n) is 6.49. The number of fused-ring (bicyclic) bond motifs is 3. The minimum Gasteiger partial charge on any atom is -0.388 e. The second-order valence-corrected chi connectivity index (χ2v) is 9.25. The number of nitrogens with zero attached hydrogens (tertiary/aromatic N) is 4. The molecule has 2 N–H and O–H groups in total. The van der Waals surface area contributed by atoms with Crippen LogP contribution in [0.5, 0.6) is 0 Å². The number of aromatic nitrogens is 3. The van der Waals surface area contributed by atoms with Crippen molar-refractivity contribution >= 4 is 28.2 Å². The van der Waals surface area contributed by atoms with Crippen molar-refractivity contribution in [2.45, 2.75) is 31.8 Å². The molecule has 0 saturated carbocycles. The van der Waals surface area contributed by atoms with Gasteiger partial charge >= 0.3 is 0 Å². The van der Waals surface area contributed by atoms with E-state index in [9.17, 15) is 9.50 Å². The summed E-state index contributed by atoms with van der Waals surface area (Å²) in [5.41, 5.74) is 3.46. The highest BCUT2D eigenvalue weighted by Gasteiger charge is 2.31. The zero-order valence-electron chi connectivity index (χ0n) is 20.0. The quantitative estimate of drug-likeness (QED) is 0.481. The van der Waals surface area contributed by atoms with Crippen molar-refractivity contribution in [3.05, 3.63) is 70.6 Å². The van der Waals surface area contributed by atoms with Crippen LogP contribution in [0.3, 0.4) is 0 Å². The minimum atomic E-state index is -0.909. The predicted molar refractivity (Wildman–Crippen MR) is 135 cm³/mol. The van der Waals surface area contributed by atoms with E-state index in [0.29, 0.717) is 48.3 Å². The number of piperidine rings is 1. The average molecular weight is 490 g/mol. The number of pyridine rings is 1. The molecule has 0 spiro atoms. The molecule has 2 bridgehead atoms. The van der Waals surface area contributed by atoms with E-state index in [2.05, 4.69) is 26.4 Å². The molecule has 5 rings (SSSR count). The number of β-amino-alcohol motifs (C(OH)–C–C–N with tert-alkyl or cyclic N) is 1. The topological polar surface area (TPSA) is 83.4 Å². The van der Waals surface area contributed by atoms with Crippen LogP contribution in [0, 0.1) is 18.2 Å². The van der Waals surface area contributed by atoms with Gasteiger partial charge in [-0.25, -0.2) is 19.2 Å². The van der Waals surface area contributed by atoms with Gasteiger partial charge in [0.1, 0.15) is 22.9 Å². The van der Waals surface area contributed by atoms with Crippen LogP contribution in [0.2, 0.25) is 0 Å². The molecule has 0 radical (unpaired) electrons. The summed E-state index contributed by atoms with van der Waals surface area (Å²) in [6, 6.07) is 0. The van der Waals surface area contributed by atoms with Crippen LogP contribution in [0.1, 0.15) is 31.9 Å². The van der Waals surface area contributed by atoms with Gasteiger partial charge < -0.3 is 10.0 Å². The maximum absolute atomic E-state index is 16.2. The predicted octanol–water partition coefficient (Wildman–Crippen LogP) is 4.55. The van der Waals surface area contributed by atoms with Gasteiger partial charge in [0.2, 0.25) is 5.95 Å². The van der Waals surface area contributed by atoms with Crippen LogP contribution in [-0.4, -0.2) is 45.9 Å². The molecule has 1 aliphatic heterocycles. The van der Waals surface area contributed by atoms with Gasteiger partial charge in [0.05, 0.1) is 23.7 Å². The Kier molecular flexibility index (Phi) is 6.16. The molecule has 0 aromatic carbocycles. The Hall–Kier alpha value is -3.87. The van der Waals surface area contributed by atoms with Gasteiger partial charge in [0.15, 0.2) is 5.82 Å². The molecule has 3 aliphatic rings. The van der Waals surface area contributed by atoms with E-state index >= 15 is 4.39 Å².